The second kappa shape index (κ2) is 9.47. The zero-order valence-electron chi connectivity index (χ0n) is 16.7. The van der Waals surface area contributed by atoms with Gasteiger partial charge in [-0.2, -0.15) is 0 Å². The number of amides is 2. The first kappa shape index (κ1) is 20.7. The van der Waals surface area contributed by atoms with E-state index in [4.69, 9.17) is 21.3 Å². The van der Waals surface area contributed by atoms with Gasteiger partial charge in [0, 0.05) is 48.7 Å². The van der Waals surface area contributed by atoms with E-state index in [-0.39, 0.29) is 6.03 Å². The number of methoxy groups -OCH3 is 1. The lowest BCUT2D eigenvalue weighted by atomic mass is 10.2. The lowest BCUT2D eigenvalue weighted by Gasteiger charge is -2.34. The molecule has 1 fully saturated rings. The molecule has 0 unspecified atom stereocenters. The summed E-state index contributed by atoms with van der Waals surface area (Å²) < 4.78 is 5.30. The zero-order chi connectivity index (χ0) is 20.9. The number of benzene rings is 2. The van der Waals surface area contributed by atoms with Gasteiger partial charge in [0.05, 0.1) is 18.5 Å². The molecule has 0 radical (unpaired) electrons. The predicted octanol–water partition coefficient (Wildman–Crippen LogP) is 4.82. The van der Waals surface area contributed by atoms with Gasteiger partial charge < -0.3 is 15.0 Å². The number of halogens is 1. The van der Waals surface area contributed by atoms with E-state index in [1.807, 2.05) is 23.1 Å². The van der Waals surface area contributed by atoms with E-state index < -0.39 is 0 Å². The first-order valence-corrected chi connectivity index (χ1v) is 11.0. The Hall–Kier alpha value is -2.61. The van der Waals surface area contributed by atoms with E-state index in [1.165, 1.54) is 0 Å². The third-order valence-corrected chi connectivity index (χ3v) is 6.20. The van der Waals surface area contributed by atoms with Crippen LogP contribution in [0.4, 0.5) is 10.5 Å². The first-order valence-electron chi connectivity index (χ1n) is 9.74. The molecule has 0 aliphatic carbocycles. The fourth-order valence-corrected chi connectivity index (χ4v) is 4.39. The molecule has 0 bridgehead atoms. The standard InChI is InChI=1S/C22H23ClN4O2S/c1-29-20-8-7-17(23)13-19(20)25-22(28)27-11-9-26(10-12-27)14-18-15-30-21(24-18)16-5-3-2-4-6-16/h2-8,13,15H,9-12,14H2,1H3,(H,25,28). The number of carbonyl (C=O) groups excluding carboxylic acids is 1. The maximum atomic E-state index is 12.7. The summed E-state index contributed by atoms with van der Waals surface area (Å²) in [4.78, 5) is 21.6. The largest absolute Gasteiger partial charge is 0.495 e. The molecule has 0 spiro atoms. The molecule has 8 heteroatoms. The fraction of sp³-hybridized carbons (Fsp3) is 0.273. The molecule has 0 saturated carbocycles. The van der Waals surface area contributed by atoms with Gasteiger partial charge in [-0.3, -0.25) is 4.90 Å². The van der Waals surface area contributed by atoms with Crippen LogP contribution >= 0.6 is 22.9 Å². The van der Waals surface area contributed by atoms with Crippen LogP contribution in [0.3, 0.4) is 0 Å². The molecule has 2 heterocycles. The minimum absolute atomic E-state index is 0.143. The van der Waals surface area contributed by atoms with Gasteiger partial charge in [0.2, 0.25) is 0 Å². The van der Waals surface area contributed by atoms with E-state index in [0.29, 0.717) is 29.5 Å². The number of carbonyl (C=O) groups is 1. The number of thiazole rings is 1. The van der Waals surface area contributed by atoms with Gasteiger partial charge >= 0.3 is 6.03 Å². The van der Waals surface area contributed by atoms with Crippen molar-refractivity contribution in [2.24, 2.45) is 0 Å². The summed E-state index contributed by atoms with van der Waals surface area (Å²) in [6.45, 7) is 3.71. The van der Waals surface area contributed by atoms with Gasteiger partial charge in [0.15, 0.2) is 0 Å². The van der Waals surface area contributed by atoms with E-state index in [2.05, 4.69) is 27.7 Å². The number of urea groups is 1. The summed E-state index contributed by atoms with van der Waals surface area (Å²) in [5.74, 6) is 0.587. The fourth-order valence-electron chi connectivity index (χ4n) is 3.40. The zero-order valence-corrected chi connectivity index (χ0v) is 18.2. The maximum Gasteiger partial charge on any atom is 0.322 e. The molecule has 30 heavy (non-hydrogen) atoms. The molecule has 3 aromatic rings. The summed E-state index contributed by atoms with van der Waals surface area (Å²) in [6, 6.07) is 15.2. The molecule has 2 amide bonds. The van der Waals surface area contributed by atoms with Crippen molar-refractivity contribution in [3.63, 3.8) is 0 Å². The third-order valence-electron chi connectivity index (χ3n) is 5.02. The predicted molar refractivity (Wildman–Crippen MR) is 121 cm³/mol. The molecule has 4 rings (SSSR count). The Balaban J connectivity index is 1.30. The van der Waals surface area contributed by atoms with Crippen molar-refractivity contribution in [1.82, 2.24) is 14.8 Å². The number of aromatic nitrogens is 1. The molecule has 156 valence electrons. The first-order chi connectivity index (χ1) is 14.6. The molecule has 1 aliphatic heterocycles. The van der Waals surface area contributed by atoms with Crippen LogP contribution in [0.5, 0.6) is 5.75 Å². The van der Waals surface area contributed by atoms with Crippen molar-refractivity contribution in [3.8, 4) is 16.3 Å². The topological polar surface area (TPSA) is 57.7 Å². The lowest BCUT2D eigenvalue weighted by molar-refractivity contribution is 0.142. The Morgan fingerprint density at radius 3 is 2.67 bits per heavy atom. The van der Waals surface area contributed by atoms with Crippen LogP contribution < -0.4 is 10.1 Å². The number of ether oxygens (including phenoxy) is 1. The highest BCUT2D eigenvalue weighted by molar-refractivity contribution is 7.13. The highest BCUT2D eigenvalue weighted by Gasteiger charge is 2.22. The van der Waals surface area contributed by atoms with Crippen molar-refractivity contribution in [3.05, 3.63) is 64.6 Å². The molecule has 1 aromatic heterocycles. The van der Waals surface area contributed by atoms with E-state index in [0.717, 1.165) is 35.9 Å². The number of hydrogen-bond donors (Lipinski definition) is 1. The number of nitrogens with zero attached hydrogens (tertiary/aromatic N) is 3. The number of nitrogens with one attached hydrogen (secondary N) is 1. The number of anilines is 1. The molecule has 0 atom stereocenters. The second-order valence-electron chi connectivity index (χ2n) is 7.05. The van der Waals surface area contributed by atoms with Crippen LogP contribution in [0.15, 0.2) is 53.9 Å². The van der Waals surface area contributed by atoms with Crippen molar-refractivity contribution in [1.29, 1.82) is 0 Å². The van der Waals surface area contributed by atoms with E-state index in [9.17, 15) is 4.79 Å². The molecule has 2 aromatic carbocycles. The Labute approximate surface area is 185 Å². The van der Waals surface area contributed by atoms with Crippen LogP contribution in [0.1, 0.15) is 5.69 Å². The molecule has 1 aliphatic rings. The van der Waals surface area contributed by atoms with E-state index >= 15 is 0 Å². The average molecular weight is 443 g/mol. The van der Waals surface area contributed by atoms with Crippen molar-refractivity contribution < 1.29 is 9.53 Å². The van der Waals surface area contributed by atoms with Gasteiger partial charge in [-0.1, -0.05) is 41.9 Å². The van der Waals surface area contributed by atoms with Gasteiger partial charge in [0.1, 0.15) is 10.8 Å². The van der Waals surface area contributed by atoms with Crippen LogP contribution in [0, 0.1) is 0 Å². The van der Waals surface area contributed by atoms with Gasteiger partial charge in [0.25, 0.3) is 0 Å². The van der Waals surface area contributed by atoms with Crippen molar-refractivity contribution in [2.45, 2.75) is 6.54 Å². The van der Waals surface area contributed by atoms with Crippen LogP contribution in [-0.2, 0) is 6.54 Å². The summed E-state index contributed by atoms with van der Waals surface area (Å²) in [5.41, 5.74) is 2.79. The summed E-state index contributed by atoms with van der Waals surface area (Å²) in [5, 5.41) is 6.62. The van der Waals surface area contributed by atoms with Crippen LogP contribution in [0.25, 0.3) is 10.6 Å². The molecular formula is C22H23ClN4O2S. The SMILES string of the molecule is COc1ccc(Cl)cc1NC(=O)N1CCN(Cc2csc(-c3ccccc3)n2)CC1. The Morgan fingerprint density at radius 1 is 1.17 bits per heavy atom. The third kappa shape index (κ3) is 4.92. The smallest absolute Gasteiger partial charge is 0.322 e. The summed E-state index contributed by atoms with van der Waals surface area (Å²) in [7, 11) is 1.57. The number of hydrogen-bond acceptors (Lipinski definition) is 5. The quantitative estimate of drug-likeness (QED) is 0.615. The highest BCUT2D eigenvalue weighted by atomic mass is 35.5. The Kier molecular flexibility index (Phi) is 6.52. The molecular weight excluding hydrogens is 420 g/mol. The monoisotopic (exact) mass is 442 g/mol. The van der Waals surface area contributed by atoms with Crippen LogP contribution in [-0.4, -0.2) is 54.1 Å². The minimum Gasteiger partial charge on any atom is -0.495 e. The average Bonchev–Trinajstić information content (AvgIpc) is 3.23. The molecule has 1 saturated heterocycles. The van der Waals surface area contributed by atoms with Crippen LogP contribution in [0.2, 0.25) is 5.02 Å². The number of piperazine rings is 1. The highest BCUT2D eigenvalue weighted by Crippen LogP contribution is 2.28. The molecule has 6 nitrogen and oxygen atoms in total. The Bertz CT molecular complexity index is 1000. The second-order valence-corrected chi connectivity index (χ2v) is 8.34. The maximum absolute atomic E-state index is 12.7. The summed E-state index contributed by atoms with van der Waals surface area (Å²) >= 11 is 7.72. The molecule has 1 N–H and O–H groups in total. The van der Waals surface area contributed by atoms with Gasteiger partial charge in [-0.25, -0.2) is 9.78 Å². The van der Waals surface area contributed by atoms with Crippen molar-refractivity contribution >= 4 is 34.7 Å². The van der Waals surface area contributed by atoms with Crippen molar-refractivity contribution in [2.75, 3.05) is 38.6 Å². The van der Waals surface area contributed by atoms with Gasteiger partial charge in [-0.05, 0) is 18.2 Å². The number of rotatable bonds is 5. The van der Waals surface area contributed by atoms with Gasteiger partial charge in [-0.15, -0.1) is 11.3 Å². The lowest BCUT2D eigenvalue weighted by Crippen LogP contribution is -2.49. The van der Waals surface area contributed by atoms with E-state index in [1.54, 1.807) is 36.6 Å². The normalized spacial score (nSPS) is 14.5. The summed E-state index contributed by atoms with van der Waals surface area (Å²) in [6.07, 6.45) is 0. The Morgan fingerprint density at radius 2 is 1.93 bits per heavy atom. The minimum atomic E-state index is -0.143.